The van der Waals surface area contributed by atoms with E-state index in [1.54, 1.807) is 6.07 Å². The molecule has 8 rings (SSSR count). The van der Waals surface area contributed by atoms with Gasteiger partial charge < -0.3 is 36.0 Å². The average Bonchev–Trinajstić information content (AvgIpc) is 3.39. The van der Waals surface area contributed by atoms with Gasteiger partial charge in [-0.25, -0.2) is 0 Å². The molecule has 0 bridgehead atoms. The number of methoxy groups -OCH3 is 1. The van der Waals surface area contributed by atoms with Gasteiger partial charge in [0.15, 0.2) is 11.2 Å². The number of carbonyl (C=O) groups is 3. The molecule has 1 unspecified atom stereocenters. The highest BCUT2D eigenvalue weighted by Gasteiger charge is 2.37. The summed E-state index contributed by atoms with van der Waals surface area (Å²) in [5.74, 6) is -0.653. The van der Waals surface area contributed by atoms with Crippen LogP contribution in [0.1, 0.15) is 119 Å². The highest BCUT2D eigenvalue weighted by atomic mass is 16.5. The quantitative estimate of drug-likeness (QED) is 0.0506. The summed E-state index contributed by atoms with van der Waals surface area (Å²) in [7, 11) is 1.42. The highest BCUT2D eigenvalue weighted by Crippen LogP contribution is 2.54. The molecule has 328 valence electrons. The number of rotatable bonds is 14. The highest BCUT2D eigenvalue weighted by molar-refractivity contribution is 6.39. The van der Waals surface area contributed by atoms with E-state index in [2.05, 4.69) is 16.0 Å². The van der Waals surface area contributed by atoms with Gasteiger partial charge in [0.25, 0.3) is 0 Å². The summed E-state index contributed by atoms with van der Waals surface area (Å²) < 4.78 is 6.04. The lowest BCUT2D eigenvalue weighted by Gasteiger charge is -2.29. The molecule has 0 aliphatic heterocycles. The first-order valence-corrected chi connectivity index (χ1v) is 22.5. The maximum Gasteiger partial charge on any atom is 0.230 e. The zero-order chi connectivity index (χ0) is 44.1. The number of aliphatic hydroxyl groups excluding tert-OH is 2. The molecule has 62 heavy (non-hydrogen) atoms. The van der Waals surface area contributed by atoms with E-state index in [0.29, 0.717) is 109 Å². The molecule has 0 aromatic heterocycles. The third-order valence-electron chi connectivity index (χ3n) is 14.4. The second kappa shape index (κ2) is 17.4. The SMILES string of the molecule is CCNC(=O)C1CCC(CCc2c(O)c3c(=O)cc(CO)c4c5c(CO)cc(NCC6CCC(C(=O)NCC)CC6)c6c(=O)c(OC)c7c(c(c2C=C(C)C7C(C)=O)c34)c65)CC1. The molecule has 6 N–H and O–H groups in total. The number of hydrogen-bond acceptors (Lipinski definition) is 10. The predicted octanol–water partition coefficient (Wildman–Crippen LogP) is 6.91. The number of nitrogens with one attached hydrogen (secondary N) is 3. The maximum absolute atomic E-state index is 15.1. The van der Waals surface area contributed by atoms with Crippen molar-refractivity contribution >= 4 is 72.5 Å². The number of ether oxygens (including phenoxy) is 1. The second-order valence-electron chi connectivity index (χ2n) is 18.0. The van der Waals surface area contributed by atoms with E-state index >= 15 is 4.79 Å². The Kier molecular flexibility index (Phi) is 12.2. The van der Waals surface area contributed by atoms with Crippen LogP contribution < -0.4 is 31.5 Å². The van der Waals surface area contributed by atoms with Crippen LogP contribution in [0.25, 0.3) is 49.2 Å². The van der Waals surface area contributed by atoms with Crippen LogP contribution in [0.15, 0.2) is 27.3 Å². The molecule has 0 saturated heterocycles. The Morgan fingerprint density at radius 3 is 1.85 bits per heavy atom. The molecule has 0 radical (unpaired) electrons. The first-order chi connectivity index (χ1) is 29.9. The van der Waals surface area contributed by atoms with Gasteiger partial charge in [0.05, 0.1) is 37.0 Å². The van der Waals surface area contributed by atoms with E-state index in [-0.39, 0.29) is 58.2 Å². The minimum Gasteiger partial charge on any atom is -0.507 e. The van der Waals surface area contributed by atoms with E-state index in [1.807, 2.05) is 26.8 Å². The summed E-state index contributed by atoms with van der Waals surface area (Å²) in [6, 6.07) is 3.10. The summed E-state index contributed by atoms with van der Waals surface area (Å²) in [6.07, 6.45) is 9.44. The van der Waals surface area contributed by atoms with Crippen molar-refractivity contribution < 1.29 is 34.4 Å². The molecule has 12 nitrogen and oxygen atoms in total. The number of allylic oxidation sites excluding steroid dienone is 1. The fraction of sp³-hybridized carbons (Fsp3) is 0.500. The van der Waals surface area contributed by atoms with Crippen molar-refractivity contribution in [3.8, 4) is 11.5 Å². The van der Waals surface area contributed by atoms with Gasteiger partial charge in [0, 0.05) is 59.1 Å². The average molecular weight is 846 g/mol. The van der Waals surface area contributed by atoms with Crippen molar-refractivity contribution in [3.63, 3.8) is 0 Å². The van der Waals surface area contributed by atoms with Crippen molar-refractivity contribution in [3.05, 3.63) is 66.0 Å². The number of hydrogen-bond donors (Lipinski definition) is 6. The molecule has 2 amide bonds. The zero-order valence-corrected chi connectivity index (χ0v) is 36.5. The van der Waals surface area contributed by atoms with Crippen LogP contribution in [0, 0.1) is 23.7 Å². The molecule has 3 aliphatic carbocycles. The topological polar surface area (TPSA) is 191 Å². The van der Waals surface area contributed by atoms with Crippen molar-refractivity contribution in [2.24, 2.45) is 23.7 Å². The maximum atomic E-state index is 15.1. The lowest BCUT2D eigenvalue weighted by atomic mass is 9.77. The number of anilines is 1. The van der Waals surface area contributed by atoms with Gasteiger partial charge in [0.2, 0.25) is 17.2 Å². The summed E-state index contributed by atoms with van der Waals surface area (Å²) in [4.78, 5) is 68.6. The lowest BCUT2D eigenvalue weighted by molar-refractivity contribution is -0.126. The van der Waals surface area contributed by atoms with Crippen LogP contribution >= 0.6 is 0 Å². The van der Waals surface area contributed by atoms with Gasteiger partial charge in [-0.15, -0.1) is 0 Å². The van der Waals surface area contributed by atoms with Crippen molar-refractivity contribution in [2.45, 2.75) is 111 Å². The van der Waals surface area contributed by atoms with Gasteiger partial charge in [-0.05, 0) is 154 Å². The number of phenols is 1. The van der Waals surface area contributed by atoms with E-state index in [4.69, 9.17) is 4.74 Å². The predicted molar refractivity (Wildman–Crippen MR) is 244 cm³/mol. The zero-order valence-electron chi connectivity index (χ0n) is 36.5. The van der Waals surface area contributed by atoms with Crippen LogP contribution in [0.5, 0.6) is 11.5 Å². The van der Waals surface area contributed by atoms with Crippen LogP contribution in [-0.4, -0.2) is 59.7 Å². The van der Waals surface area contributed by atoms with Crippen LogP contribution in [0.4, 0.5) is 5.69 Å². The van der Waals surface area contributed by atoms with Gasteiger partial charge >= 0.3 is 0 Å². The van der Waals surface area contributed by atoms with Gasteiger partial charge in [-0.3, -0.25) is 24.0 Å². The minimum absolute atomic E-state index is 0.0113. The van der Waals surface area contributed by atoms with Crippen molar-refractivity contribution in [1.29, 1.82) is 0 Å². The fourth-order valence-electron chi connectivity index (χ4n) is 11.5. The summed E-state index contributed by atoms with van der Waals surface area (Å²) in [5, 5.41) is 47.4. The van der Waals surface area contributed by atoms with Crippen molar-refractivity contribution in [1.82, 2.24) is 10.6 Å². The molecule has 1 atom stereocenters. The number of aromatic hydroxyl groups is 1. The largest absolute Gasteiger partial charge is 0.507 e. The number of ketones is 1. The van der Waals surface area contributed by atoms with E-state index in [0.717, 1.165) is 51.4 Å². The molecule has 0 spiro atoms. The van der Waals surface area contributed by atoms with Gasteiger partial charge in [-0.2, -0.15) is 0 Å². The molecule has 5 aromatic carbocycles. The van der Waals surface area contributed by atoms with Crippen LogP contribution in [0.3, 0.4) is 0 Å². The van der Waals surface area contributed by atoms with Crippen LogP contribution in [-0.2, 0) is 34.0 Å². The third-order valence-corrected chi connectivity index (χ3v) is 14.4. The molecule has 12 heteroatoms. The molecular formula is C50H59N3O9. The first-order valence-electron chi connectivity index (χ1n) is 22.5. The van der Waals surface area contributed by atoms with Gasteiger partial charge in [-0.1, -0.05) is 11.6 Å². The van der Waals surface area contributed by atoms with Crippen molar-refractivity contribution in [2.75, 3.05) is 32.1 Å². The molecule has 0 heterocycles. The number of Topliss-reactive ketones (excluding diaryl/α,β-unsaturated/α-hetero) is 1. The number of carbonyl (C=O) groups excluding carboxylic acids is 3. The normalized spacial score (nSPS) is 21.4. The monoisotopic (exact) mass is 845 g/mol. The molecular weight excluding hydrogens is 787 g/mol. The summed E-state index contributed by atoms with van der Waals surface area (Å²) in [5.41, 5.74) is 2.58. The van der Waals surface area contributed by atoms with Gasteiger partial charge in [0.1, 0.15) is 11.5 Å². The Morgan fingerprint density at radius 2 is 1.31 bits per heavy atom. The number of fused-ring (bicyclic) bond motifs is 1. The van der Waals surface area contributed by atoms with E-state index in [9.17, 15) is 34.5 Å². The first kappa shape index (κ1) is 43.3. The fourth-order valence-corrected chi connectivity index (χ4v) is 11.5. The van der Waals surface area contributed by atoms with E-state index < -0.39 is 30.0 Å². The smallest absolute Gasteiger partial charge is 0.230 e. The molecule has 3 aliphatic rings. The standard InChI is InChI=1S/C50H59N3O9/c1-6-51-49(60)28-13-8-26(9-14-28)12-17-32-33-18-24(3)36(25(4)56)45-44-39(33)42-38(31(23-55)20-35(57)41(42)46(32)58)37-30(22-54)19-34(40(43(37)44)47(59)48(45)62-5)53-21-27-10-15-29(16-11-27)50(61)52-7-2/h18-20,26-29,36,53-55,58H,6-17,21-23H2,1-5H3,(H,51,60)(H,52,61). The Bertz CT molecular complexity index is 2750. The Balaban J connectivity index is 1.38. The van der Waals surface area contributed by atoms with E-state index in [1.165, 1.54) is 20.1 Å². The number of amides is 2. The molecule has 2 fully saturated rings. The lowest BCUT2D eigenvalue weighted by Crippen LogP contribution is -2.34. The Hall–Kier alpha value is -5.33. The minimum atomic E-state index is -0.907. The number of benzene rings is 5. The third kappa shape index (κ3) is 7.12. The summed E-state index contributed by atoms with van der Waals surface area (Å²) >= 11 is 0. The molecule has 5 aromatic rings. The summed E-state index contributed by atoms with van der Waals surface area (Å²) in [6.45, 7) is 7.89. The number of aliphatic hydroxyl groups is 2. The Labute approximate surface area is 360 Å². The Morgan fingerprint density at radius 1 is 0.742 bits per heavy atom. The second-order valence-corrected chi connectivity index (χ2v) is 18.0. The van der Waals surface area contributed by atoms with Crippen LogP contribution in [0.2, 0.25) is 0 Å². The molecule has 2 saturated carbocycles. The number of phenolic OH excluding ortho intramolecular Hbond substituents is 1.